The molecule has 2 rings (SSSR count). The van der Waals surface area contributed by atoms with Gasteiger partial charge in [0.1, 0.15) is 11.9 Å². The van der Waals surface area contributed by atoms with Gasteiger partial charge < -0.3 is 16.0 Å². The number of hydrogen-bond acceptors (Lipinski definition) is 3. The summed E-state index contributed by atoms with van der Waals surface area (Å²) >= 11 is 0. The highest BCUT2D eigenvalue weighted by Crippen LogP contribution is 2.21. The molecule has 1 fully saturated rings. The van der Waals surface area contributed by atoms with Crippen LogP contribution in [0.2, 0.25) is 0 Å². The van der Waals surface area contributed by atoms with Gasteiger partial charge in [-0.1, -0.05) is 0 Å². The lowest BCUT2D eigenvalue weighted by Crippen LogP contribution is -2.45. The molecule has 1 aromatic rings. The third-order valence-electron chi connectivity index (χ3n) is 3.15. The summed E-state index contributed by atoms with van der Waals surface area (Å²) in [5, 5.41) is 2.88. The molecule has 1 heterocycles. The predicted octanol–water partition coefficient (Wildman–Crippen LogP) is 0.869. The lowest BCUT2D eigenvalue weighted by molar-refractivity contribution is -0.122. The quantitative estimate of drug-likeness (QED) is 0.838. The first-order valence-electron chi connectivity index (χ1n) is 6.22. The Hall–Kier alpha value is -1.62. The van der Waals surface area contributed by atoms with Crippen molar-refractivity contribution in [3.63, 3.8) is 0 Å². The zero-order chi connectivity index (χ0) is 13.0. The molecule has 0 radical (unpaired) electrons. The van der Waals surface area contributed by atoms with Crippen LogP contribution in [0.1, 0.15) is 12.8 Å². The van der Waals surface area contributed by atoms with Crippen LogP contribution in [0.25, 0.3) is 0 Å². The Kier molecular flexibility index (Phi) is 4.15. The second-order valence-electron chi connectivity index (χ2n) is 4.41. The van der Waals surface area contributed by atoms with Gasteiger partial charge in [-0.15, -0.1) is 0 Å². The molecule has 98 valence electrons. The van der Waals surface area contributed by atoms with Crippen LogP contribution >= 0.6 is 0 Å². The fourth-order valence-electron chi connectivity index (χ4n) is 2.26. The highest BCUT2D eigenvalue weighted by atomic mass is 19.1. The van der Waals surface area contributed by atoms with Crippen molar-refractivity contribution >= 4 is 11.6 Å². The normalized spacial score (nSPS) is 20.4. The molecule has 1 aliphatic heterocycles. The van der Waals surface area contributed by atoms with E-state index in [2.05, 4.69) is 5.32 Å². The maximum atomic E-state index is 12.9. The van der Waals surface area contributed by atoms with Crippen molar-refractivity contribution in [2.45, 2.75) is 18.9 Å². The van der Waals surface area contributed by atoms with Gasteiger partial charge in [0.2, 0.25) is 5.91 Å². The molecule has 0 aliphatic carbocycles. The van der Waals surface area contributed by atoms with E-state index in [9.17, 15) is 9.18 Å². The predicted molar refractivity (Wildman–Crippen MR) is 68.8 cm³/mol. The number of benzene rings is 1. The minimum atomic E-state index is -0.270. The van der Waals surface area contributed by atoms with Gasteiger partial charge in [0.05, 0.1) is 0 Å². The maximum Gasteiger partial charge on any atom is 0.242 e. The van der Waals surface area contributed by atoms with Crippen molar-refractivity contribution in [1.82, 2.24) is 5.32 Å². The standard InChI is InChI=1S/C13H18FN3O/c14-10-2-4-11(5-3-10)17-9-1-8-16-13(18)12(17)6-7-15/h2-5,12H,1,6-9,15H2,(H,16,18). The average Bonchev–Trinajstić information content (AvgIpc) is 2.54. The second-order valence-corrected chi connectivity index (χ2v) is 4.41. The molecule has 1 aliphatic rings. The summed E-state index contributed by atoms with van der Waals surface area (Å²) in [6, 6.07) is 5.98. The number of nitrogens with zero attached hydrogens (tertiary/aromatic N) is 1. The van der Waals surface area contributed by atoms with Crippen LogP contribution in [0.4, 0.5) is 10.1 Å². The van der Waals surface area contributed by atoms with E-state index in [1.165, 1.54) is 12.1 Å². The first kappa shape index (κ1) is 12.8. The van der Waals surface area contributed by atoms with Crippen LogP contribution in [0, 0.1) is 5.82 Å². The molecule has 1 aromatic carbocycles. The molecule has 18 heavy (non-hydrogen) atoms. The molecule has 1 unspecified atom stereocenters. The van der Waals surface area contributed by atoms with Crippen LogP contribution in [-0.4, -0.2) is 31.6 Å². The van der Waals surface area contributed by atoms with E-state index in [-0.39, 0.29) is 17.8 Å². The zero-order valence-electron chi connectivity index (χ0n) is 10.2. The van der Waals surface area contributed by atoms with Gasteiger partial charge in [0.25, 0.3) is 0 Å². The molecule has 0 spiro atoms. The highest BCUT2D eigenvalue weighted by molar-refractivity contribution is 5.85. The van der Waals surface area contributed by atoms with Gasteiger partial charge in [0.15, 0.2) is 0 Å². The van der Waals surface area contributed by atoms with Crippen LogP contribution < -0.4 is 16.0 Å². The lowest BCUT2D eigenvalue weighted by atomic mass is 10.1. The Morgan fingerprint density at radius 3 is 2.78 bits per heavy atom. The summed E-state index contributed by atoms with van der Waals surface area (Å²) in [5.74, 6) is -0.268. The van der Waals surface area contributed by atoms with Crippen molar-refractivity contribution in [2.75, 3.05) is 24.5 Å². The Morgan fingerprint density at radius 1 is 1.39 bits per heavy atom. The minimum absolute atomic E-state index is 0.00211. The first-order chi connectivity index (χ1) is 8.72. The molecule has 1 saturated heterocycles. The van der Waals surface area contributed by atoms with E-state index >= 15 is 0 Å². The van der Waals surface area contributed by atoms with E-state index in [0.717, 1.165) is 18.7 Å². The smallest absolute Gasteiger partial charge is 0.242 e. The molecule has 1 amide bonds. The molecular formula is C13H18FN3O. The Bertz CT molecular complexity index is 407. The van der Waals surface area contributed by atoms with Crippen LogP contribution in [0.15, 0.2) is 24.3 Å². The number of halogens is 1. The number of nitrogens with two attached hydrogens (primary N) is 1. The van der Waals surface area contributed by atoms with Crippen molar-refractivity contribution in [1.29, 1.82) is 0 Å². The lowest BCUT2D eigenvalue weighted by Gasteiger charge is -2.30. The largest absolute Gasteiger partial charge is 0.359 e. The molecule has 0 saturated carbocycles. The monoisotopic (exact) mass is 251 g/mol. The third kappa shape index (κ3) is 2.79. The summed E-state index contributed by atoms with van der Waals surface area (Å²) in [5.41, 5.74) is 6.44. The van der Waals surface area contributed by atoms with Gasteiger partial charge in [-0.2, -0.15) is 0 Å². The molecule has 1 atom stereocenters. The van der Waals surface area contributed by atoms with Gasteiger partial charge >= 0.3 is 0 Å². The van der Waals surface area contributed by atoms with E-state index in [0.29, 0.717) is 19.5 Å². The van der Waals surface area contributed by atoms with Gasteiger partial charge in [-0.3, -0.25) is 4.79 Å². The van der Waals surface area contributed by atoms with E-state index in [1.54, 1.807) is 12.1 Å². The molecular weight excluding hydrogens is 233 g/mol. The van der Waals surface area contributed by atoms with E-state index in [1.807, 2.05) is 4.90 Å². The fraction of sp³-hybridized carbons (Fsp3) is 0.462. The molecule has 4 nitrogen and oxygen atoms in total. The van der Waals surface area contributed by atoms with Crippen molar-refractivity contribution < 1.29 is 9.18 Å². The van der Waals surface area contributed by atoms with Crippen molar-refractivity contribution in [3.05, 3.63) is 30.1 Å². The first-order valence-corrected chi connectivity index (χ1v) is 6.22. The summed E-state index contributed by atoms with van der Waals surface area (Å²) in [7, 11) is 0. The molecule has 3 N–H and O–H groups in total. The minimum Gasteiger partial charge on any atom is -0.359 e. The summed E-state index contributed by atoms with van der Waals surface area (Å²) in [4.78, 5) is 14.0. The number of carbonyl (C=O) groups excluding carboxylic acids is 1. The van der Waals surface area contributed by atoms with Gasteiger partial charge in [-0.05, 0) is 43.7 Å². The summed E-state index contributed by atoms with van der Waals surface area (Å²) < 4.78 is 12.9. The number of amides is 1. The molecule has 0 bridgehead atoms. The van der Waals surface area contributed by atoms with E-state index in [4.69, 9.17) is 5.73 Å². The number of hydrogen-bond donors (Lipinski definition) is 2. The number of rotatable bonds is 3. The fourth-order valence-corrected chi connectivity index (χ4v) is 2.26. The van der Waals surface area contributed by atoms with Crippen LogP contribution in [-0.2, 0) is 4.79 Å². The van der Waals surface area contributed by atoms with E-state index < -0.39 is 0 Å². The second kappa shape index (κ2) is 5.82. The molecule has 5 heteroatoms. The van der Waals surface area contributed by atoms with Crippen molar-refractivity contribution in [2.24, 2.45) is 5.73 Å². The van der Waals surface area contributed by atoms with Gasteiger partial charge in [-0.25, -0.2) is 4.39 Å². The van der Waals surface area contributed by atoms with Gasteiger partial charge in [0, 0.05) is 18.8 Å². The zero-order valence-corrected chi connectivity index (χ0v) is 10.2. The highest BCUT2D eigenvalue weighted by Gasteiger charge is 2.27. The SMILES string of the molecule is NCCC1C(=O)NCCCN1c1ccc(F)cc1. The topological polar surface area (TPSA) is 58.4 Å². The Labute approximate surface area is 106 Å². The summed E-state index contributed by atoms with van der Waals surface area (Å²) in [6.45, 7) is 1.91. The number of carbonyl (C=O) groups is 1. The molecule has 0 aromatic heterocycles. The van der Waals surface area contributed by atoms with Crippen LogP contribution in [0.3, 0.4) is 0 Å². The average molecular weight is 251 g/mol. The Morgan fingerprint density at radius 2 is 2.11 bits per heavy atom. The van der Waals surface area contributed by atoms with Crippen molar-refractivity contribution in [3.8, 4) is 0 Å². The third-order valence-corrected chi connectivity index (χ3v) is 3.15. The maximum absolute atomic E-state index is 12.9. The number of anilines is 1. The van der Waals surface area contributed by atoms with Crippen LogP contribution in [0.5, 0.6) is 0 Å². The number of nitrogens with one attached hydrogen (secondary N) is 1. The Balaban J connectivity index is 2.25. The summed E-state index contributed by atoms with van der Waals surface area (Å²) in [6.07, 6.45) is 1.48.